The van der Waals surface area contributed by atoms with Crippen molar-refractivity contribution in [1.29, 1.82) is 0 Å². The van der Waals surface area contributed by atoms with E-state index in [9.17, 15) is 0 Å². The molecule has 2 aromatic rings. The van der Waals surface area contributed by atoms with E-state index >= 15 is 0 Å². The molecule has 100 valence electrons. The molecule has 1 fully saturated rings. The maximum Gasteiger partial charge on any atom is 0.0463 e. The zero-order chi connectivity index (χ0) is 13.5. The van der Waals surface area contributed by atoms with Crippen molar-refractivity contribution in [2.75, 3.05) is 23.7 Å². The van der Waals surface area contributed by atoms with E-state index in [0.717, 1.165) is 24.2 Å². The Morgan fingerprint density at radius 3 is 2.84 bits per heavy atom. The van der Waals surface area contributed by atoms with Gasteiger partial charge < -0.3 is 10.6 Å². The summed E-state index contributed by atoms with van der Waals surface area (Å²) >= 11 is 0. The number of pyridine rings is 1. The van der Waals surface area contributed by atoms with Gasteiger partial charge in [0.25, 0.3) is 0 Å². The van der Waals surface area contributed by atoms with Crippen molar-refractivity contribution in [2.45, 2.75) is 26.7 Å². The van der Waals surface area contributed by atoms with Crippen molar-refractivity contribution >= 4 is 22.1 Å². The lowest BCUT2D eigenvalue weighted by Crippen LogP contribution is -2.40. The van der Waals surface area contributed by atoms with Gasteiger partial charge in [-0.25, -0.2) is 0 Å². The minimum atomic E-state index is 0.383. The fourth-order valence-electron chi connectivity index (χ4n) is 3.10. The molecule has 19 heavy (non-hydrogen) atoms. The monoisotopic (exact) mass is 255 g/mol. The van der Waals surface area contributed by atoms with Crippen molar-refractivity contribution in [3.63, 3.8) is 0 Å². The molecular weight excluding hydrogens is 234 g/mol. The molecular formula is C16H21N3. The van der Waals surface area contributed by atoms with Crippen molar-refractivity contribution < 1.29 is 0 Å². The van der Waals surface area contributed by atoms with E-state index in [1.807, 2.05) is 24.5 Å². The molecule has 1 aromatic heterocycles. The number of hydrogen-bond acceptors (Lipinski definition) is 3. The molecule has 0 amide bonds. The standard InChI is InChI=1S/C16H21N3/c1-16(2)7-3-9-19(11-16)15-5-4-14(17)12-6-8-18-10-13(12)15/h4-6,8,10H,3,7,9,11,17H2,1-2H3. The molecule has 0 radical (unpaired) electrons. The van der Waals surface area contributed by atoms with E-state index in [1.54, 1.807) is 0 Å². The summed E-state index contributed by atoms with van der Waals surface area (Å²) in [5.41, 5.74) is 8.54. The van der Waals surface area contributed by atoms with Crippen LogP contribution in [0, 0.1) is 5.41 Å². The van der Waals surface area contributed by atoms with Crippen LogP contribution in [0.1, 0.15) is 26.7 Å². The molecule has 3 nitrogen and oxygen atoms in total. The molecule has 1 aliphatic heterocycles. The van der Waals surface area contributed by atoms with Gasteiger partial charge in [-0.1, -0.05) is 13.8 Å². The summed E-state index contributed by atoms with van der Waals surface area (Å²) in [6.07, 6.45) is 6.29. The number of hydrogen-bond donors (Lipinski definition) is 1. The Morgan fingerprint density at radius 1 is 1.21 bits per heavy atom. The van der Waals surface area contributed by atoms with E-state index in [2.05, 4.69) is 29.8 Å². The van der Waals surface area contributed by atoms with Crippen LogP contribution in [0.4, 0.5) is 11.4 Å². The number of anilines is 2. The van der Waals surface area contributed by atoms with Crippen LogP contribution in [0.3, 0.4) is 0 Å². The largest absolute Gasteiger partial charge is 0.398 e. The third kappa shape index (κ3) is 2.25. The Balaban J connectivity index is 2.08. The van der Waals surface area contributed by atoms with E-state index in [4.69, 9.17) is 5.73 Å². The molecule has 2 heterocycles. The maximum atomic E-state index is 6.06. The number of rotatable bonds is 1. The quantitative estimate of drug-likeness (QED) is 0.794. The summed E-state index contributed by atoms with van der Waals surface area (Å²) in [5, 5.41) is 2.27. The average molecular weight is 255 g/mol. The summed E-state index contributed by atoms with van der Waals surface area (Å²) in [5.74, 6) is 0. The fourth-order valence-corrected chi connectivity index (χ4v) is 3.10. The second-order valence-electron chi connectivity index (χ2n) is 6.28. The molecule has 1 saturated heterocycles. The van der Waals surface area contributed by atoms with Crippen LogP contribution in [0.25, 0.3) is 10.8 Å². The Morgan fingerprint density at radius 2 is 2.05 bits per heavy atom. The molecule has 0 atom stereocenters. The first-order valence-corrected chi connectivity index (χ1v) is 6.94. The topological polar surface area (TPSA) is 42.1 Å². The second-order valence-corrected chi connectivity index (χ2v) is 6.28. The van der Waals surface area contributed by atoms with Gasteiger partial charge in [0, 0.05) is 47.6 Å². The number of fused-ring (bicyclic) bond motifs is 1. The highest BCUT2D eigenvalue weighted by Gasteiger charge is 2.27. The van der Waals surface area contributed by atoms with Crippen LogP contribution in [0.15, 0.2) is 30.6 Å². The summed E-state index contributed by atoms with van der Waals surface area (Å²) in [6, 6.07) is 6.16. The Bertz CT molecular complexity index is 604. The van der Waals surface area contributed by atoms with Crippen LogP contribution in [-0.2, 0) is 0 Å². The van der Waals surface area contributed by atoms with Gasteiger partial charge in [-0.3, -0.25) is 4.98 Å². The van der Waals surface area contributed by atoms with Gasteiger partial charge in [-0.05, 0) is 36.5 Å². The number of aromatic nitrogens is 1. The van der Waals surface area contributed by atoms with Crippen LogP contribution in [0.5, 0.6) is 0 Å². The van der Waals surface area contributed by atoms with Gasteiger partial charge in [0.1, 0.15) is 0 Å². The first kappa shape index (κ1) is 12.3. The van der Waals surface area contributed by atoms with Crippen LogP contribution in [0.2, 0.25) is 0 Å². The normalized spacial score (nSPS) is 18.7. The highest BCUT2D eigenvalue weighted by molar-refractivity contribution is 6.00. The third-order valence-electron chi connectivity index (χ3n) is 4.07. The van der Waals surface area contributed by atoms with Gasteiger partial charge in [0.2, 0.25) is 0 Å². The van der Waals surface area contributed by atoms with Gasteiger partial charge in [-0.15, -0.1) is 0 Å². The molecule has 3 heteroatoms. The lowest BCUT2D eigenvalue weighted by Gasteiger charge is -2.40. The average Bonchev–Trinajstić information content (AvgIpc) is 2.38. The zero-order valence-electron chi connectivity index (χ0n) is 11.7. The number of benzene rings is 1. The number of nitrogens with two attached hydrogens (primary N) is 1. The molecule has 0 saturated carbocycles. The van der Waals surface area contributed by atoms with Crippen molar-refractivity contribution in [3.05, 3.63) is 30.6 Å². The summed E-state index contributed by atoms with van der Waals surface area (Å²) in [4.78, 5) is 6.74. The van der Waals surface area contributed by atoms with E-state index in [1.165, 1.54) is 23.9 Å². The Kier molecular flexibility index (Phi) is 2.85. The predicted molar refractivity (Wildman–Crippen MR) is 81.4 cm³/mol. The Labute approximate surface area is 114 Å². The van der Waals surface area contributed by atoms with E-state index in [-0.39, 0.29) is 0 Å². The van der Waals surface area contributed by atoms with Crippen molar-refractivity contribution in [3.8, 4) is 0 Å². The van der Waals surface area contributed by atoms with Crippen molar-refractivity contribution in [2.24, 2.45) is 5.41 Å². The number of nitrogen functional groups attached to an aromatic ring is 1. The minimum absolute atomic E-state index is 0.383. The molecule has 0 spiro atoms. The summed E-state index contributed by atoms with van der Waals surface area (Å²) in [6.45, 7) is 6.91. The first-order chi connectivity index (χ1) is 9.07. The van der Waals surface area contributed by atoms with Crippen LogP contribution in [-0.4, -0.2) is 18.1 Å². The van der Waals surface area contributed by atoms with Gasteiger partial charge in [0.15, 0.2) is 0 Å². The lowest BCUT2D eigenvalue weighted by atomic mass is 9.84. The van der Waals surface area contributed by atoms with E-state index < -0.39 is 0 Å². The molecule has 0 bridgehead atoms. The molecule has 2 N–H and O–H groups in total. The number of nitrogens with zero attached hydrogens (tertiary/aromatic N) is 2. The molecule has 3 rings (SSSR count). The van der Waals surface area contributed by atoms with E-state index in [0.29, 0.717) is 5.41 Å². The third-order valence-corrected chi connectivity index (χ3v) is 4.07. The van der Waals surface area contributed by atoms with Crippen LogP contribution >= 0.6 is 0 Å². The predicted octanol–water partition coefficient (Wildman–Crippen LogP) is 3.44. The van der Waals surface area contributed by atoms with Crippen molar-refractivity contribution in [1.82, 2.24) is 4.98 Å². The molecule has 0 unspecified atom stereocenters. The van der Waals surface area contributed by atoms with Crippen LogP contribution < -0.4 is 10.6 Å². The highest BCUT2D eigenvalue weighted by Crippen LogP contribution is 2.36. The lowest BCUT2D eigenvalue weighted by molar-refractivity contribution is 0.293. The molecule has 1 aliphatic rings. The molecule has 0 aliphatic carbocycles. The highest BCUT2D eigenvalue weighted by atomic mass is 15.1. The SMILES string of the molecule is CC1(C)CCCN(c2ccc(N)c3ccncc23)C1. The maximum absolute atomic E-state index is 6.06. The summed E-state index contributed by atoms with van der Waals surface area (Å²) < 4.78 is 0. The van der Waals surface area contributed by atoms with Gasteiger partial charge in [0.05, 0.1) is 0 Å². The smallest absolute Gasteiger partial charge is 0.0463 e. The zero-order valence-corrected chi connectivity index (χ0v) is 11.7. The fraction of sp³-hybridized carbons (Fsp3) is 0.438. The molecule has 1 aromatic carbocycles. The van der Waals surface area contributed by atoms with Gasteiger partial charge in [-0.2, -0.15) is 0 Å². The van der Waals surface area contributed by atoms with Gasteiger partial charge >= 0.3 is 0 Å². The minimum Gasteiger partial charge on any atom is -0.398 e. The number of piperidine rings is 1. The second kappa shape index (κ2) is 4.41. The Hall–Kier alpha value is -1.77. The first-order valence-electron chi connectivity index (χ1n) is 6.94. The summed E-state index contributed by atoms with van der Waals surface area (Å²) in [7, 11) is 0.